The van der Waals surface area contributed by atoms with Gasteiger partial charge in [0, 0.05) is 12.2 Å². The first-order valence-corrected chi connectivity index (χ1v) is 15.7. The Bertz CT molecular complexity index is 1010. The van der Waals surface area contributed by atoms with Gasteiger partial charge >= 0.3 is 0 Å². The molecule has 1 aliphatic rings. The van der Waals surface area contributed by atoms with Gasteiger partial charge in [-0.15, -0.1) is 0 Å². The molecule has 0 spiro atoms. The maximum Gasteiger partial charge on any atom is 0.130 e. The van der Waals surface area contributed by atoms with Gasteiger partial charge in [-0.3, -0.25) is 0 Å². The third kappa shape index (κ3) is 9.55. The van der Waals surface area contributed by atoms with Crippen LogP contribution in [0.5, 0.6) is 11.5 Å². The zero-order valence-electron chi connectivity index (χ0n) is 26.3. The smallest absolute Gasteiger partial charge is 0.130 e. The molecule has 3 atom stereocenters. The van der Waals surface area contributed by atoms with Crippen molar-refractivity contribution >= 4 is 0 Å². The van der Waals surface area contributed by atoms with Crippen LogP contribution in [0.25, 0.3) is 0 Å². The summed E-state index contributed by atoms with van der Waals surface area (Å²) in [4.78, 5) is 0. The molecule has 0 aromatic heterocycles. The van der Waals surface area contributed by atoms with Gasteiger partial charge in [-0.1, -0.05) is 96.6 Å². The van der Waals surface area contributed by atoms with Crippen molar-refractivity contribution in [3.63, 3.8) is 0 Å². The van der Waals surface area contributed by atoms with E-state index in [0.717, 1.165) is 55.1 Å². The highest BCUT2D eigenvalue weighted by atomic mass is 16.5. The molecule has 1 heterocycles. The first-order valence-electron chi connectivity index (χ1n) is 15.7. The van der Waals surface area contributed by atoms with Crippen molar-refractivity contribution in [2.75, 3.05) is 13.2 Å². The number of rotatable bonds is 16. The van der Waals surface area contributed by atoms with E-state index in [4.69, 9.17) is 14.2 Å². The minimum Gasteiger partial charge on any atom is -0.488 e. The average Bonchev–Trinajstić information content (AvgIpc) is 2.90. The van der Waals surface area contributed by atoms with Gasteiger partial charge < -0.3 is 14.2 Å². The Hall–Kier alpha value is -2.00. The highest BCUT2D eigenvalue weighted by Gasteiger charge is 2.35. The molecule has 0 amide bonds. The van der Waals surface area contributed by atoms with Gasteiger partial charge in [0.2, 0.25) is 0 Å². The lowest BCUT2D eigenvalue weighted by Gasteiger charge is -2.38. The van der Waals surface area contributed by atoms with E-state index in [1.165, 1.54) is 66.3 Å². The molecule has 0 radical (unpaired) electrons. The van der Waals surface area contributed by atoms with Crippen LogP contribution in [0.2, 0.25) is 0 Å². The maximum atomic E-state index is 6.69. The van der Waals surface area contributed by atoms with Crippen molar-refractivity contribution in [1.29, 1.82) is 0 Å². The third-order valence-electron chi connectivity index (χ3n) is 8.82. The lowest BCUT2D eigenvalue weighted by molar-refractivity contribution is -0.0309. The van der Waals surface area contributed by atoms with E-state index < -0.39 is 0 Å². The van der Waals surface area contributed by atoms with Crippen LogP contribution in [0.1, 0.15) is 114 Å². The minimum absolute atomic E-state index is 0.280. The molecule has 0 saturated carbocycles. The molecule has 0 aliphatic carbocycles. The fourth-order valence-electron chi connectivity index (χ4n) is 5.88. The normalized spacial score (nSPS) is 18.5. The van der Waals surface area contributed by atoms with Gasteiger partial charge in [-0.2, -0.15) is 0 Å². The zero-order chi connectivity index (χ0) is 28.4. The third-order valence-corrected chi connectivity index (χ3v) is 8.82. The van der Waals surface area contributed by atoms with Crippen LogP contribution in [-0.4, -0.2) is 18.8 Å². The SMILES string of the molecule is Cc1c(C)c2c(c(C)c1OCc1ccccc1)CC[C@@](C)(COCCC(C)CCCC(C)CCCC(C)C)O2. The molecule has 2 aromatic carbocycles. The predicted molar refractivity (Wildman–Crippen MR) is 165 cm³/mol. The minimum atomic E-state index is -0.280. The molecular weight excluding hydrogens is 480 g/mol. The monoisotopic (exact) mass is 536 g/mol. The second kappa shape index (κ2) is 15.1. The van der Waals surface area contributed by atoms with Crippen molar-refractivity contribution in [2.45, 2.75) is 125 Å². The first-order chi connectivity index (χ1) is 18.6. The van der Waals surface area contributed by atoms with Crippen LogP contribution in [0.15, 0.2) is 30.3 Å². The molecule has 218 valence electrons. The van der Waals surface area contributed by atoms with Gasteiger partial charge in [-0.05, 0) is 87.0 Å². The summed E-state index contributed by atoms with van der Waals surface area (Å²) in [5, 5.41) is 0. The Kier molecular flexibility index (Phi) is 12.2. The molecular formula is C36H56O3. The highest BCUT2D eigenvalue weighted by molar-refractivity contribution is 5.59. The van der Waals surface area contributed by atoms with E-state index in [1.807, 2.05) is 6.07 Å². The van der Waals surface area contributed by atoms with Crippen LogP contribution in [0.4, 0.5) is 0 Å². The lowest BCUT2D eigenvalue weighted by Crippen LogP contribution is -2.41. The van der Waals surface area contributed by atoms with E-state index >= 15 is 0 Å². The molecule has 0 bridgehead atoms. The van der Waals surface area contributed by atoms with Crippen LogP contribution < -0.4 is 9.47 Å². The summed E-state index contributed by atoms with van der Waals surface area (Å²) < 4.78 is 19.3. The van der Waals surface area contributed by atoms with Gasteiger partial charge in [0.25, 0.3) is 0 Å². The molecule has 3 heteroatoms. The number of benzene rings is 2. The summed E-state index contributed by atoms with van der Waals surface area (Å²) in [6.07, 6.45) is 11.3. The predicted octanol–water partition coefficient (Wildman–Crippen LogP) is 9.95. The largest absolute Gasteiger partial charge is 0.488 e. The van der Waals surface area contributed by atoms with Gasteiger partial charge in [0.1, 0.15) is 23.7 Å². The summed E-state index contributed by atoms with van der Waals surface area (Å²) in [5.74, 6) is 4.47. The summed E-state index contributed by atoms with van der Waals surface area (Å²) in [7, 11) is 0. The van der Waals surface area contributed by atoms with Crippen molar-refractivity contribution in [2.24, 2.45) is 17.8 Å². The molecule has 3 nitrogen and oxygen atoms in total. The quantitative estimate of drug-likeness (QED) is 0.200. The Morgan fingerprint density at radius 2 is 1.46 bits per heavy atom. The Morgan fingerprint density at radius 3 is 2.13 bits per heavy atom. The average molecular weight is 537 g/mol. The van der Waals surface area contributed by atoms with E-state index in [9.17, 15) is 0 Å². The Balaban J connectivity index is 1.44. The van der Waals surface area contributed by atoms with Crippen LogP contribution in [0, 0.1) is 38.5 Å². The van der Waals surface area contributed by atoms with Crippen LogP contribution >= 0.6 is 0 Å². The van der Waals surface area contributed by atoms with Crippen molar-refractivity contribution in [3.8, 4) is 11.5 Å². The lowest BCUT2D eigenvalue weighted by atomic mass is 9.87. The summed E-state index contributed by atoms with van der Waals surface area (Å²) in [6.45, 7) is 20.2. The second-order valence-electron chi connectivity index (χ2n) is 13.1. The zero-order valence-corrected chi connectivity index (χ0v) is 26.3. The van der Waals surface area contributed by atoms with E-state index in [0.29, 0.717) is 13.2 Å². The number of hydrogen-bond acceptors (Lipinski definition) is 3. The molecule has 2 aromatic rings. The molecule has 1 aliphatic heterocycles. The van der Waals surface area contributed by atoms with E-state index in [1.54, 1.807) is 0 Å². The Morgan fingerprint density at radius 1 is 0.821 bits per heavy atom. The van der Waals surface area contributed by atoms with Crippen molar-refractivity contribution in [1.82, 2.24) is 0 Å². The molecule has 2 unspecified atom stereocenters. The Labute approximate surface area is 240 Å². The van der Waals surface area contributed by atoms with E-state index in [2.05, 4.69) is 79.7 Å². The number of fused-ring (bicyclic) bond motifs is 1. The van der Waals surface area contributed by atoms with Gasteiger partial charge in [0.15, 0.2) is 0 Å². The fraction of sp³-hybridized carbons (Fsp3) is 0.667. The summed E-state index contributed by atoms with van der Waals surface area (Å²) in [5.41, 5.74) is 5.79. The molecule has 0 fully saturated rings. The van der Waals surface area contributed by atoms with Gasteiger partial charge in [-0.25, -0.2) is 0 Å². The summed E-state index contributed by atoms with van der Waals surface area (Å²) >= 11 is 0. The van der Waals surface area contributed by atoms with Crippen molar-refractivity contribution < 1.29 is 14.2 Å². The molecule has 0 N–H and O–H groups in total. The van der Waals surface area contributed by atoms with Crippen LogP contribution in [-0.2, 0) is 17.8 Å². The maximum absolute atomic E-state index is 6.69. The number of ether oxygens (including phenoxy) is 3. The van der Waals surface area contributed by atoms with Crippen LogP contribution in [0.3, 0.4) is 0 Å². The fourth-order valence-corrected chi connectivity index (χ4v) is 5.88. The highest BCUT2D eigenvalue weighted by Crippen LogP contribution is 2.44. The first kappa shape index (κ1) is 31.5. The number of hydrogen-bond donors (Lipinski definition) is 0. The topological polar surface area (TPSA) is 27.7 Å². The second-order valence-corrected chi connectivity index (χ2v) is 13.1. The molecule has 39 heavy (non-hydrogen) atoms. The molecule has 0 saturated heterocycles. The van der Waals surface area contributed by atoms with Gasteiger partial charge in [0.05, 0.1) is 6.61 Å². The summed E-state index contributed by atoms with van der Waals surface area (Å²) in [6, 6.07) is 10.4. The standard InChI is InChI=1S/C36H56O3/c1-26(2)14-12-15-27(3)16-13-17-28(4)21-23-37-25-36(8)22-20-33-31(7)34(29(5)30(6)35(33)39-36)38-24-32-18-10-9-11-19-32/h9-11,18-19,26-28H,12-17,20-25H2,1-8H3/t27?,28?,36-/m0/s1. The van der Waals surface area contributed by atoms with E-state index in [-0.39, 0.29) is 5.60 Å². The molecule has 3 rings (SSSR count). The van der Waals surface area contributed by atoms with Crippen molar-refractivity contribution in [3.05, 3.63) is 58.1 Å².